The van der Waals surface area contributed by atoms with Crippen LogP contribution in [0.15, 0.2) is 36.8 Å². The van der Waals surface area contributed by atoms with Crippen LogP contribution in [0.4, 0.5) is 10.1 Å². The van der Waals surface area contributed by atoms with Crippen LogP contribution in [0.25, 0.3) is 16.9 Å². The summed E-state index contributed by atoms with van der Waals surface area (Å²) in [5.41, 5.74) is -0.0188. The second kappa shape index (κ2) is 8.57. The van der Waals surface area contributed by atoms with Crippen molar-refractivity contribution in [2.24, 2.45) is 0 Å². The SMILES string of the molecule is CC(C)Nc1cc(-n2ccc3cc(Cl)cnc32)ncc1C(=O)NC[C@@H](F)C(C)(C)O. The largest absolute Gasteiger partial charge is 0.387 e. The van der Waals surface area contributed by atoms with Crippen LogP contribution in [0.1, 0.15) is 38.1 Å². The van der Waals surface area contributed by atoms with Crippen molar-refractivity contribution in [2.75, 3.05) is 11.9 Å². The fraction of sp³-hybridized carbons (Fsp3) is 0.381. The summed E-state index contributed by atoms with van der Waals surface area (Å²) in [7, 11) is 0. The molecule has 30 heavy (non-hydrogen) atoms. The van der Waals surface area contributed by atoms with Gasteiger partial charge in [-0.3, -0.25) is 9.36 Å². The number of carbonyl (C=O) groups is 1. The predicted molar refractivity (Wildman–Crippen MR) is 116 cm³/mol. The minimum Gasteiger partial charge on any atom is -0.387 e. The van der Waals surface area contributed by atoms with Gasteiger partial charge in [0.05, 0.1) is 28.4 Å². The van der Waals surface area contributed by atoms with E-state index in [1.165, 1.54) is 20.0 Å². The van der Waals surface area contributed by atoms with Gasteiger partial charge in [-0.05, 0) is 39.8 Å². The Morgan fingerprint density at radius 3 is 2.70 bits per heavy atom. The van der Waals surface area contributed by atoms with Crippen molar-refractivity contribution in [3.05, 3.63) is 47.4 Å². The number of hydrogen-bond acceptors (Lipinski definition) is 5. The Bertz CT molecular complexity index is 1060. The van der Waals surface area contributed by atoms with Crippen molar-refractivity contribution in [3.8, 4) is 5.82 Å². The lowest BCUT2D eigenvalue weighted by Crippen LogP contribution is -2.42. The van der Waals surface area contributed by atoms with Gasteiger partial charge in [0.25, 0.3) is 5.91 Å². The Kier molecular flexibility index (Phi) is 6.28. The van der Waals surface area contributed by atoms with E-state index in [4.69, 9.17) is 11.6 Å². The number of anilines is 1. The lowest BCUT2D eigenvalue weighted by atomic mass is 10.0. The number of carbonyl (C=O) groups excluding carboxylic acids is 1. The number of fused-ring (bicyclic) bond motifs is 1. The topological polar surface area (TPSA) is 92.1 Å². The van der Waals surface area contributed by atoms with Crippen LogP contribution < -0.4 is 10.6 Å². The molecule has 0 aliphatic heterocycles. The van der Waals surface area contributed by atoms with E-state index in [0.717, 1.165) is 5.39 Å². The van der Waals surface area contributed by atoms with Crippen molar-refractivity contribution in [1.29, 1.82) is 0 Å². The molecule has 0 bridgehead atoms. The smallest absolute Gasteiger partial charge is 0.255 e. The van der Waals surface area contributed by atoms with Crippen molar-refractivity contribution in [2.45, 2.75) is 45.5 Å². The number of halogens is 2. The molecule has 0 radical (unpaired) electrons. The van der Waals surface area contributed by atoms with Gasteiger partial charge >= 0.3 is 0 Å². The third kappa shape index (κ3) is 4.88. The van der Waals surface area contributed by atoms with E-state index in [1.807, 2.05) is 32.2 Å². The maximum Gasteiger partial charge on any atom is 0.255 e. The van der Waals surface area contributed by atoms with E-state index >= 15 is 0 Å². The maximum atomic E-state index is 14.0. The molecule has 0 saturated carbocycles. The first-order chi connectivity index (χ1) is 14.1. The summed E-state index contributed by atoms with van der Waals surface area (Å²) in [6, 6.07) is 5.49. The molecule has 0 unspecified atom stereocenters. The zero-order valence-corrected chi connectivity index (χ0v) is 18.0. The van der Waals surface area contributed by atoms with Crippen LogP contribution in [0.3, 0.4) is 0 Å². The van der Waals surface area contributed by atoms with Crippen molar-refractivity contribution in [3.63, 3.8) is 0 Å². The molecule has 0 fully saturated rings. The average molecular weight is 434 g/mol. The molecule has 0 aliphatic carbocycles. The minimum atomic E-state index is -1.60. The highest BCUT2D eigenvalue weighted by Gasteiger charge is 2.27. The molecular weight excluding hydrogens is 409 g/mol. The van der Waals surface area contributed by atoms with Crippen LogP contribution >= 0.6 is 11.6 Å². The second-order valence-electron chi connectivity index (χ2n) is 7.97. The molecule has 3 heterocycles. The molecule has 1 amide bonds. The van der Waals surface area contributed by atoms with Crippen molar-refractivity contribution >= 4 is 34.2 Å². The molecule has 3 aromatic heterocycles. The zero-order valence-electron chi connectivity index (χ0n) is 17.3. The Morgan fingerprint density at radius 2 is 2.03 bits per heavy atom. The van der Waals surface area contributed by atoms with E-state index in [2.05, 4.69) is 20.6 Å². The highest BCUT2D eigenvalue weighted by Crippen LogP contribution is 2.24. The van der Waals surface area contributed by atoms with E-state index in [-0.39, 0.29) is 18.2 Å². The third-order valence-electron chi connectivity index (χ3n) is 4.53. The molecule has 3 aromatic rings. The van der Waals surface area contributed by atoms with Gasteiger partial charge in [0.15, 0.2) is 0 Å². The Labute approximate surface area is 179 Å². The van der Waals surface area contributed by atoms with Gasteiger partial charge in [0.1, 0.15) is 17.6 Å². The van der Waals surface area contributed by atoms with Crippen molar-refractivity contribution < 1.29 is 14.3 Å². The Morgan fingerprint density at radius 1 is 1.30 bits per heavy atom. The Balaban J connectivity index is 1.92. The van der Waals surface area contributed by atoms with Gasteiger partial charge in [-0.1, -0.05) is 11.6 Å². The highest BCUT2D eigenvalue weighted by molar-refractivity contribution is 6.31. The van der Waals surface area contributed by atoms with Gasteiger partial charge in [0, 0.05) is 36.1 Å². The molecule has 3 N–H and O–H groups in total. The first-order valence-corrected chi connectivity index (χ1v) is 9.98. The molecular formula is C21H25ClFN5O2. The average Bonchev–Trinajstić information content (AvgIpc) is 3.07. The molecule has 0 spiro atoms. The first kappa shape index (κ1) is 22.0. The van der Waals surface area contributed by atoms with Crippen molar-refractivity contribution in [1.82, 2.24) is 19.9 Å². The third-order valence-corrected chi connectivity index (χ3v) is 4.73. The monoisotopic (exact) mass is 433 g/mol. The molecule has 0 saturated heterocycles. The van der Waals surface area contributed by atoms with E-state index in [9.17, 15) is 14.3 Å². The predicted octanol–water partition coefficient (Wildman–Crippen LogP) is 3.73. The minimum absolute atomic E-state index is 0.0513. The number of aliphatic hydroxyl groups is 1. The van der Waals surface area contributed by atoms with Crippen LogP contribution in [-0.2, 0) is 0 Å². The number of nitrogens with one attached hydrogen (secondary N) is 2. The lowest BCUT2D eigenvalue weighted by Gasteiger charge is -2.23. The van der Waals surface area contributed by atoms with Crippen LogP contribution in [0.2, 0.25) is 5.02 Å². The van der Waals surface area contributed by atoms with Gasteiger partial charge in [-0.25, -0.2) is 14.4 Å². The van der Waals surface area contributed by atoms with Gasteiger partial charge in [0.2, 0.25) is 0 Å². The summed E-state index contributed by atoms with van der Waals surface area (Å²) >= 11 is 6.01. The second-order valence-corrected chi connectivity index (χ2v) is 8.41. The lowest BCUT2D eigenvalue weighted by molar-refractivity contribution is -0.00177. The summed E-state index contributed by atoms with van der Waals surface area (Å²) in [6.07, 6.45) is 3.23. The number of pyridine rings is 2. The zero-order chi connectivity index (χ0) is 22.1. The molecule has 3 rings (SSSR count). The maximum absolute atomic E-state index is 14.0. The molecule has 0 aromatic carbocycles. The summed E-state index contributed by atoms with van der Waals surface area (Å²) in [5, 5.41) is 16.9. The first-order valence-electron chi connectivity index (χ1n) is 9.60. The number of amides is 1. The summed E-state index contributed by atoms with van der Waals surface area (Å²) < 4.78 is 15.8. The molecule has 160 valence electrons. The number of aromatic nitrogens is 3. The van der Waals surface area contributed by atoms with Crippen LogP contribution in [0.5, 0.6) is 0 Å². The van der Waals surface area contributed by atoms with Gasteiger partial charge in [-0.15, -0.1) is 0 Å². The molecule has 7 nitrogen and oxygen atoms in total. The van der Waals surface area contributed by atoms with E-state index in [0.29, 0.717) is 22.2 Å². The van der Waals surface area contributed by atoms with E-state index in [1.54, 1.807) is 16.8 Å². The van der Waals surface area contributed by atoms with Crippen LogP contribution in [-0.4, -0.2) is 49.9 Å². The highest BCUT2D eigenvalue weighted by atomic mass is 35.5. The summed E-state index contributed by atoms with van der Waals surface area (Å²) in [5.74, 6) is 0.0887. The molecule has 9 heteroatoms. The van der Waals surface area contributed by atoms with Gasteiger partial charge in [-0.2, -0.15) is 0 Å². The summed E-state index contributed by atoms with van der Waals surface area (Å²) in [4.78, 5) is 21.4. The number of hydrogen-bond donors (Lipinski definition) is 3. The number of alkyl halides is 1. The standard InChI is InChI=1S/C21H25ClFN5O2/c1-12(2)27-16-8-18(28-6-5-13-7-14(22)9-25-19(13)28)24-10-15(16)20(29)26-11-17(23)21(3,4)30/h5-10,12,17,30H,11H2,1-4H3,(H,24,27)(H,26,29)/t17-/m1/s1. The van der Waals surface area contributed by atoms with Gasteiger partial charge < -0.3 is 15.7 Å². The molecule has 0 aliphatic rings. The number of nitrogens with zero attached hydrogens (tertiary/aromatic N) is 3. The fourth-order valence-electron chi connectivity index (χ4n) is 2.90. The quantitative estimate of drug-likeness (QED) is 0.528. The fourth-order valence-corrected chi connectivity index (χ4v) is 3.06. The number of rotatable bonds is 7. The normalized spacial score (nSPS) is 12.9. The molecule has 1 atom stereocenters. The van der Waals surface area contributed by atoms with E-state index < -0.39 is 17.7 Å². The Hall–Kier alpha value is -2.71. The van der Waals surface area contributed by atoms with Crippen LogP contribution in [0, 0.1) is 0 Å². The summed E-state index contributed by atoms with van der Waals surface area (Å²) in [6.45, 7) is 6.30.